The number of hydrogen-bond acceptors (Lipinski definition) is 4. The minimum atomic E-state index is 0. The van der Waals surface area contributed by atoms with Crippen LogP contribution in [0.4, 0.5) is 0 Å². The molecule has 0 atom stereocenters. The monoisotopic (exact) mass is 302 g/mol. The van der Waals surface area contributed by atoms with Gasteiger partial charge in [0, 0.05) is 22.3 Å². The second-order valence-corrected chi connectivity index (χ2v) is 3.07. The Kier molecular flexibility index (Phi) is 9.29. The first-order valence-electron chi connectivity index (χ1n) is 4.09. The fraction of sp³-hybridized carbons (Fsp3) is 0.111. The standard InChI is InChI=1S/C9H11N3O2S.Co.H2O/c1-14-7-4-2-3-6(8(7)13)5-11-12-9(10)15;;/h2-5,13H,1H3,(H3,10,12,15);;1H2/b11-5+;;. The summed E-state index contributed by atoms with van der Waals surface area (Å²) in [5.74, 6) is 0.405. The number of ether oxygens (including phenoxy) is 1. The number of hydrazone groups is 1. The van der Waals surface area contributed by atoms with E-state index in [1.165, 1.54) is 13.3 Å². The maximum Gasteiger partial charge on any atom is 0.184 e. The van der Waals surface area contributed by atoms with Gasteiger partial charge in [-0.3, -0.25) is 5.43 Å². The first-order valence-corrected chi connectivity index (χ1v) is 4.50. The minimum absolute atomic E-state index is 0. The van der Waals surface area contributed by atoms with Gasteiger partial charge >= 0.3 is 0 Å². The summed E-state index contributed by atoms with van der Waals surface area (Å²) in [5, 5.41) is 13.4. The fourth-order valence-electron chi connectivity index (χ4n) is 0.974. The number of nitrogens with two attached hydrogens (primary N) is 1. The number of hydrogen-bond donors (Lipinski definition) is 3. The quantitative estimate of drug-likeness (QED) is 0.405. The zero-order chi connectivity index (χ0) is 11.3. The van der Waals surface area contributed by atoms with Crippen molar-refractivity contribution in [1.82, 2.24) is 5.43 Å². The molecule has 0 heterocycles. The molecule has 0 saturated carbocycles. The molecule has 0 fully saturated rings. The summed E-state index contributed by atoms with van der Waals surface area (Å²) in [6.07, 6.45) is 1.40. The van der Waals surface area contributed by atoms with Gasteiger partial charge < -0.3 is 21.1 Å². The van der Waals surface area contributed by atoms with Crippen LogP contribution in [0, 0.1) is 0 Å². The molecule has 0 amide bonds. The van der Waals surface area contributed by atoms with Crippen molar-refractivity contribution in [3.63, 3.8) is 0 Å². The number of thiocarbonyl (C=S) groups is 1. The second-order valence-electron chi connectivity index (χ2n) is 2.63. The van der Waals surface area contributed by atoms with Crippen molar-refractivity contribution >= 4 is 23.5 Å². The van der Waals surface area contributed by atoms with Crippen LogP contribution in [0.1, 0.15) is 5.56 Å². The normalized spacial score (nSPS) is 9.00. The summed E-state index contributed by atoms with van der Waals surface area (Å²) in [7, 11) is 1.48. The molecule has 17 heavy (non-hydrogen) atoms. The van der Waals surface area contributed by atoms with Crippen LogP contribution in [0.15, 0.2) is 23.3 Å². The van der Waals surface area contributed by atoms with Crippen LogP contribution in [0.2, 0.25) is 0 Å². The first kappa shape index (κ1) is 18.0. The number of nitrogens with zero attached hydrogens (tertiary/aromatic N) is 1. The Balaban J connectivity index is 0. The van der Waals surface area contributed by atoms with E-state index < -0.39 is 0 Å². The number of methoxy groups -OCH3 is 1. The zero-order valence-electron chi connectivity index (χ0n) is 8.93. The summed E-state index contributed by atoms with van der Waals surface area (Å²) < 4.78 is 4.93. The van der Waals surface area contributed by atoms with Crippen molar-refractivity contribution in [2.45, 2.75) is 0 Å². The van der Waals surface area contributed by atoms with Crippen molar-refractivity contribution in [3.05, 3.63) is 23.8 Å². The topological polar surface area (TPSA) is 111 Å². The molecule has 97 valence electrons. The van der Waals surface area contributed by atoms with Crippen molar-refractivity contribution in [2.24, 2.45) is 10.8 Å². The van der Waals surface area contributed by atoms with Gasteiger partial charge in [-0.2, -0.15) is 5.10 Å². The number of benzene rings is 1. The second kappa shape index (κ2) is 8.76. The number of aromatic hydroxyl groups is 1. The van der Waals surface area contributed by atoms with E-state index >= 15 is 0 Å². The maximum atomic E-state index is 9.65. The molecule has 8 heteroatoms. The molecule has 0 bridgehead atoms. The summed E-state index contributed by atoms with van der Waals surface area (Å²) >= 11 is 4.56. The molecule has 1 aromatic carbocycles. The third kappa shape index (κ3) is 5.50. The average molecular weight is 302 g/mol. The molecular weight excluding hydrogens is 289 g/mol. The molecule has 1 aromatic rings. The van der Waals surface area contributed by atoms with E-state index in [1.54, 1.807) is 18.2 Å². The largest absolute Gasteiger partial charge is 0.504 e. The molecule has 0 aliphatic heterocycles. The van der Waals surface area contributed by atoms with E-state index in [-0.39, 0.29) is 33.1 Å². The van der Waals surface area contributed by atoms with Gasteiger partial charge in [-0.05, 0) is 24.4 Å². The van der Waals surface area contributed by atoms with Crippen molar-refractivity contribution in [3.8, 4) is 11.5 Å². The summed E-state index contributed by atoms with van der Waals surface area (Å²) in [6.45, 7) is 0. The van der Waals surface area contributed by atoms with Crippen LogP contribution in [-0.2, 0) is 16.8 Å². The van der Waals surface area contributed by atoms with Crippen molar-refractivity contribution < 1.29 is 32.1 Å². The van der Waals surface area contributed by atoms with E-state index in [0.29, 0.717) is 11.3 Å². The summed E-state index contributed by atoms with van der Waals surface area (Å²) in [5.41, 5.74) is 8.07. The fourth-order valence-corrected chi connectivity index (χ4v) is 1.03. The molecule has 0 unspecified atom stereocenters. The summed E-state index contributed by atoms with van der Waals surface area (Å²) in [4.78, 5) is 0. The van der Waals surface area contributed by atoms with E-state index in [1.807, 2.05) is 0 Å². The van der Waals surface area contributed by atoms with Crippen LogP contribution in [0.5, 0.6) is 11.5 Å². The van der Waals surface area contributed by atoms with Crippen LogP contribution >= 0.6 is 12.2 Å². The predicted octanol–water partition coefficient (Wildman–Crippen LogP) is -0.259. The number of nitrogens with one attached hydrogen (secondary N) is 1. The van der Waals surface area contributed by atoms with Gasteiger partial charge in [0.2, 0.25) is 0 Å². The Morgan fingerprint density at radius 3 is 2.76 bits per heavy atom. The van der Waals surface area contributed by atoms with Crippen molar-refractivity contribution in [2.75, 3.05) is 7.11 Å². The van der Waals surface area contributed by atoms with Crippen LogP contribution < -0.4 is 15.9 Å². The Labute approximate surface area is 114 Å². The molecule has 0 spiro atoms. The van der Waals surface area contributed by atoms with E-state index in [0.717, 1.165) is 0 Å². The molecular formula is C9H13CoN3O3S. The number of phenolic OH excluding ortho intramolecular Hbond substituents is 1. The Morgan fingerprint density at radius 1 is 1.59 bits per heavy atom. The van der Waals surface area contributed by atoms with Crippen LogP contribution in [-0.4, -0.2) is 29.0 Å². The Hall–Kier alpha value is -1.35. The predicted molar refractivity (Wildman–Crippen MR) is 65.8 cm³/mol. The first-order chi connectivity index (χ1) is 7.15. The number of rotatable bonds is 3. The molecule has 6 nitrogen and oxygen atoms in total. The van der Waals surface area contributed by atoms with Crippen LogP contribution in [0.3, 0.4) is 0 Å². The summed E-state index contributed by atoms with van der Waals surface area (Å²) in [6, 6.07) is 5.07. The van der Waals surface area contributed by atoms with Gasteiger partial charge in [0.05, 0.1) is 13.3 Å². The van der Waals surface area contributed by atoms with Gasteiger partial charge in [-0.25, -0.2) is 0 Å². The molecule has 0 aromatic heterocycles. The smallest absolute Gasteiger partial charge is 0.184 e. The Bertz CT molecular complexity index is 401. The van der Waals surface area contributed by atoms with Gasteiger partial charge in [0.25, 0.3) is 0 Å². The molecule has 0 aliphatic carbocycles. The van der Waals surface area contributed by atoms with Crippen LogP contribution in [0.25, 0.3) is 0 Å². The minimum Gasteiger partial charge on any atom is -0.504 e. The van der Waals surface area contributed by atoms with Crippen molar-refractivity contribution in [1.29, 1.82) is 0 Å². The number of phenols is 1. The molecule has 0 saturated heterocycles. The van der Waals surface area contributed by atoms with Gasteiger partial charge in [-0.1, -0.05) is 6.07 Å². The van der Waals surface area contributed by atoms with E-state index in [9.17, 15) is 5.11 Å². The molecule has 0 aliphatic rings. The third-order valence-electron chi connectivity index (χ3n) is 1.63. The van der Waals surface area contributed by atoms with E-state index in [2.05, 4.69) is 22.7 Å². The molecule has 1 rings (SSSR count). The average Bonchev–Trinajstić information content (AvgIpc) is 2.20. The Morgan fingerprint density at radius 2 is 2.24 bits per heavy atom. The maximum absolute atomic E-state index is 9.65. The third-order valence-corrected chi connectivity index (χ3v) is 1.72. The van der Waals surface area contributed by atoms with Gasteiger partial charge in [-0.15, -0.1) is 0 Å². The SMILES string of the molecule is COc1cccc(/C=N/NC(N)=S)c1O.O.[Co]. The van der Waals surface area contributed by atoms with Gasteiger partial charge in [0.1, 0.15) is 0 Å². The zero-order valence-corrected chi connectivity index (χ0v) is 10.8. The van der Waals surface area contributed by atoms with E-state index in [4.69, 9.17) is 10.5 Å². The number of para-hydroxylation sites is 1. The van der Waals surface area contributed by atoms with Gasteiger partial charge in [0.15, 0.2) is 16.6 Å². The molecule has 6 N–H and O–H groups in total. The molecule has 1 radical (unpaired) electrons.